The molecule has 0 saturated carbocycles. The van der Waals surface area contributed by atoms with Gasteiger partial charge in [0, 0.05) is 6.08 Å². The van der Waals surface area contributed by atoms with Crippen LogP contribution in [0.5, 0.6) is 0 Å². The molecule has 0 aliphatic rings. The van der Waals surface area contributed by atoms with Crippen LogP contribution >= 0.6 is 0 Å². The molecule has 0 aromatic rings. The number of esters is 1. The van der Waals surface area contributed by atoms with Crippen LogP contribution in [0.3, 0.4) is 0 Å². The summed E-state index contributed by atoms with van der Waals surface area (Å²) in [4.78, 5) is 11.2. The Labute approximate surface area is 93.0 Å². The average molecular weight is 210 g/mol. The highest BCUT2D eigenvalue weighted by Crippen LogP contribution is 2.15. The number of rotatable bonds is 5. The minimum absolute atomic E-state index is 0.237. The van der Waals surface area contributed by atoms with Crippen LogP contribution in [0, 0.1) is 5.92 Å². The largest absolute Gasteiger partial charge is 0.463 e. The van der Waals surface area contributed by atoms with E-state index in [1.165, 1.54) is 5.57 Å². The summed E-state index contributed by atoms with van der Waals surface area (Å²) >= 11 is 0. The first kappa shape index (κ1) is 13.9. The zero-order valence-corrected chi connectivity index (χ0v) is 10.5. The first-order valence-electron chi connectivity index (χ1n) is 5.45. The first-order valence-corrected chi connectivity index (χ1v) is 5.45. The van der Waals surface area contributed by atoms with Gasteiger partial charge in [0.15, 0.2) is 0 Å². The van der Waals surface area contributed by atoms with E-state index in [1.54, 1.807) is 6.08 Å². The third kappa shape index (κ3) is 6.95. The van der Waals surface area contributed by atoms with Crippen LogP contribution in [0.4, 0.5) is 0 Å². The number of ether oxygens (including phenoxy) is 1. The maximum absolute atomic E-state index is 11.2. The zero-order chi connectivity index (χ0) is 11.8. The van der Waals surface area contributed by atoms with Crippen molar-refractivity contribution in [3.63, 3.8) is 0 Å². The summed E-state index contributed by atoms with van der Waals surface area (Å²) in [5, 5.41) is 0. The van der Waals surface area contributed by atoms with Gasteiger partial charge in [-0.1, -0.05) is 24.1 Å². The molecule has 0 radical (unpaired) electrons. The predicted octanol–water partition coefficient (Wildman–Crippen LogP) is 3.49. The lowest BCUT2D eigenvalue weighted by Gasteiger charge is -2.09. The van der Waals surface area contributed by atoms with Gasteiger partial charge in [-0.15, -0.1) is 0 Å². The van der Waals surface area contributed by atoms with Crippen molar-refractivity contribution in [1.29, 1.82) is 0 Å². The fraction of sp³-hybridized carbons (Fsp3) is 0.615. The van der Waals surface area contributed by atoms with Gasteiger partial charge < -0.3 is 4.74 Å². The minimum atomic E-state index is -0.237. The van der Waals surface area contributed by atoms with E-state index in [1.807, 2.05) is 13.8 Å². The molecule has 1 atom stereocenters. The van der Waals surface area contributed by atoms with Gasteiger partial charge in [-0.25, -0.2) is 4.79 Å². The quantitative estimate of drug-likeness (QED) is 0.394. The van der Waals surface area contributed by atoms with E-state index in [0.29, 0.717) is 12.5 Å². The fourth-order valence-corrected chi connectivity index (χ4v) is 1.11. The molecule has 0 aromatic heterocycles. The Hall–Kier alpha value is -1.05. The second-order valence-corrected chi connectivity index (χ2v) is 4.06. The summed E-state index contributed by atoms with van der Waals surface area (Å²) in [5.41, 5.74) is 2.39. The average Bonchev–Trinajstić information content (AvgIpc) is 2.14. The highest BCUT2D eigenvalue weighted by atomic mass is 16.5. The van der Waals surface area contributed by atoms with E-state index >= 15 is 0 Å². The molecular formula is C13H22O2. The number of hydrogen-bond acceptors (Lipinski definition) is 2. The van der Waals surface area contributed by atoms with Crippen molar-refractivity contribution < 1.29 is 9.53 Å². The van der Waals surface area contributed by atoms with Gasteiger partial charge in [0.25, 0.3) is 0 Å². The van der Waals surface area contributed by atoms with Crippen molar-refractivity contribution in [3.05, 3.63) is 23.3 Å². The van der Waals surface area contributed by atoms with Crippen LogP contribution in [-0.2, 0) is 9.53 Å². The van der Waals surface area contributed by atoms with Crippen LogP contribution < -0.4 is 0 Å². The van der Waals surface area contributed by atoms with Gasteiger partial charge in [-0.05, 0) is 40.0 Å². The molecule has 1 unspecified atom stereocenters. The lowest BCUT2D eigenvalue weighted by molar-refractivity contribution is -0.137. The Morgan fingerprint density at radius 2 is 1.93 bits per heavy atom. The van der Waals surface area contributed by atoms with Crippen LogP contribution in [0.1, 0.15) is 41.0 Å². The molecule has 2 heteroatoms. The zero-order valence-electron chi connectivity index (χ0n) is 10.5. The van der Waals surface area contributed by atoms with E-state index in [0.717, 1.165) is 12.0 Å². The summed E-state index contributed by atoms with van der Waals surface area (Å²) in [6.45, 7) is 10.5. The first-order chi connectivity index (χ1) is 6.97. The standard InChI is InChI=1S/C13H22O2/c1-6-15-13(14)9-12(5)11(4)8-7-10(2)3/h7,9,11H,6,8H2,1-5H3/b12-9-. The molecule has 0 saturated heterocycles. The number of carbonyl (C=O) groups is 1. The second kappa shape index (κ2) is 7.27. The minimum Gasteiger partial charge on any atom is -0.463 e. The third-order valence-corrected chi connectivity index (χ3v) is 2.29. The van der Waals surface area contributed by atoms with Crippen molar-refractivity contribution in [1.82, 2.24) is 0 Å². The molecule has 0 heterocycles. The Balaban J connectivity index is 4.24. The third-order valence-electron chi connectivity index (χ3n) is 2.29. The van der Waals surface area contributed by atoms with Gasteiger partial charge in [0.2, 0.25) is 0 Å². The van der Waals surface area contributed by atoms with Gasteiger partial charge in [-0.2, -0.15) is 0 Å². The Bertz CT molecular complexity index is 258. The van der Waals surface area contributed by atoms with Gasteiger partial charge >= 0.3 is 5.97 Å². The van der Waals surface area contributed by atoms with Crippen molar-refractivity contribution in [2.75, 3.05) is 6.61 Å². The Kier molecular flexibility index (Phi) is 6.76. The highest BCUT2D eigenvalue weighted by molar-refractivity contribution is 5.82. The summed E-state index contributed by atoms with van der Waals surface area (Å²) in [5.74, 6) is 0.156. The maximum atomic E-state index is 11.2. The van der Waals surface area contributed by atoms with Crippen molar-refractivity contribution >= 4 is 5.97 Å². The number of carbonyl (C=O) groups excluding carboxylic acids is 1. The fourth-order valence-electron chi connectivity index (χ4n) is 1.11. The van der Waals surface area contributed by atoms with Crippen LogP contribution in [0.25, 0.3) is 0 Å². The molecule has 0 bridgehead atoms. The second-order valence-electron chi connectivity index (χ2n) is 4.06. The lowest BCUT2D eigenvalue weighted by atomic mass is 9.98. The SMILES string of the molecule is CCOC(=O)/C=C(/C)C(C)CC=C(C)C. The molecule has 0 aliphatic carbocycles. The van der Waals surface area contributed by atoms with E-state index in [-0.39, 0.29) is 5.97 Å². The lowest BCUT2D eigenvalue weighted by Crippen LogP contribution is -2.03. The Morgan fingerprint density at radius 1 is 1.33 bits per heavy atom. The van der Waals surface area contributed by atoms with Crippen molar-refractivity contribution in [2.24, 2.45) is 5.92 Å². The molecule has 0 spiro atoms. The molecule has 0 amide bonds. The topological polar surface area (TPSA) is 26.3 Å². The van der Waals surface area contributed by atoms with E-state index in [4.69, 9.17) is 4.74 Å². The Morgan fingerprint density at radius 3 is 2.40 bits per heavy atom. The molecular weight excluding hydrogens is 188 g/mol. The van der Waals surface area contributed by atoms with E-state index in [2.05, 4.69) is 26.8 Å². The monoisotopic (exact) mass is 210 g/mol. The molecule has 15 heavy (non-hydrogen) atoms. The summed E-state index contributed by atoms with van der Waals surface area (Å²) in [6, 6.07) is 0. The van der Waals surface area contributed by atoms with Crippen molar-refractivity contribution in [3.8, 4) is 0 Å². The van der Waals surface area contributed by atoms with Gasteiger partial charge in [0.05, 0.1) is 6.61 Å². The molecule has 0 N–H and O–H groups in total. The maximum Gasteiger partial charge on any atom is 0.330 e. The molecule has 0 aromatic carbocycles. The van der Waals surface area contributed by atoms with Crippen LogP contribution in [-0.4, -0.2) is 12.6 Å². The molecule has 0 rings (SSSR count). The van der Waals surface area contributed by atoms with E-state index < -0.39 is 0 Å². The normalized spacial score (nSPS) is 13.3. The summed E-state index contributed by atoms with van der Waals surface area (Å²) in [7, 11) is 0. The molecule has 86 valence electrons. The smallest absolute Gasteiger partial charge is 0.330 e. The van der Waals surface area contributed by atoms with Crippen LogP contribution in [0.2, 0.25) is 0 Å². The number of hydrogen-bond donors (Lipinski definition) is 0. The van der Waals surface area contributed by atoms with E-state index in [9.17, 15) is 4.79 Å². The highest BCUT2D eigenvalue weighted by Gasteiger charge is 2.05. The molecule has 2 nitrogen and oxygen atoms in total. The molecule has 0 aliphatic heterocycles. The number of allylic oxidation sites excluding steroid dienone is 3. The summed E-state index contributed by atoms with van der Waals surface area (Å²) in [6.07, 6.45) is 4.75. The molecule has 0 fully saturated rings. The predicted molar refractivity (Wildman–Crippen MR) is 63.6 cm³/mol. The van der Waals surface area contributed by atoms with Crippen molar-refractivity contribution in [2.45, 2.75) is 41.0 Å². The van der Waals surface area contributed by atoms with Gasteiger partial charge in [0.1, 0.15) is 0 Å². The van der Waals surface area contributed by atoms with Crippen LogP contribution in [0.15, 0.2) is 23.3 Å². The summed E-state index contributed by atoms with van der Waals surface area (Å²) < 4.78 is 4.86. The van der Waals surface area contributed by atoms with Gasteiger partial charge in [-0.3, -0.25) is 0 Å².